The number of H-pyrrole nitrogens is 1. The Morgan fingerprint density at radius 3 is 2.68 bits per heavy atom. The lowest BCUT2D eigenvalue weighted by atomic mass is 10.0. The third-order valence-electron chi connectivity index (χ3n) is 5.28. The van der Waals surface area contributed by atoms with Gasteiger partial charge in [0.25, 0.3) is 5.91 Å². The summed E-state index contributed by atoms with van der Waals surface area (Å²) in [6, 6.07) is 14.8. The molecule has 0 aliphatic rings. The fourth-order valence-electron chi connectivity index (χ4n) is 3.82. The lowest BCUT2D eigenvalue weighted by Crippen LogP contribution is -2.26. The van der Waals surface area contributed by atoms with Crippen molar-refractivity contribution >= 4 is 22.8 Å². The highest BCUT2D eigenvalue weighted by atomic mass is 19.1. The molecule has 0 fully saturated rings. The van der Waals surface area contributed by atoms with Gasteiger partial charge in [-0.05, 0) is 55.0 Å². The molecule has 1 aromatic heterocycles. The summed E-state index contributed by atoms with van der Waals surface area (Å²) in [7, 11) is 1.68. The van der Waals surface area contributed by atoms with E-state index < -0.39 is 5.97 Å². The first-order valence-electron chi connectivity index (χ1n) is 10.8. The average molecular weight is 461 g/mol. The van der Waals surface area contributed by atoms with Crippen molar-refractivity contribution in [2.45, 2.75) is 20.4 Å². The molecule has 174 valence electrons. The van der Waals surface area contributed by atoms with Crippen LogP contribution in [-0.4, -0.2) is 40.6 Å². The van der Waals surface area contributed by atoms with Crippen LogP contribution in [0.3, 0.4) is 0 Å². The van der Waals surface area contributed by atoms with E-state index in [-0.39, 0.29) is 18.3 Å². The second-order valence-electron chi connectivity index (χ2n) is 7.83. The van der Waals surface area contributed by atoms with Crippen molar-refractivity contribution < 1.29 is 23.5 Å². The van der Waals surface area contributed by atoms with Crippen molar-refractivity contribution in [2.24, 2.45) is 0 Å². The van der Waals surface area contributed by atoms with Gasteiger partial charge in [-0.15, -0.1) is 0 Å². The minimum Gasteiger partial charge on any atom is -0.493 e. The van der Waals surface area contributed by atoms with Gasteiger partial charge in [-0.3, -0.25) is 14.7 Å². The number of nitrogens with zero attached hydrogens (tertiary/aromatic N) is 2. The summed E-state index contributed by atoms with van der Waals surface area (Å²) >= 11 is 0. The number of halogens is 1. The van der Waals surface area contributed by atoms with Gasteiger partial charge in [0.1, 0.15) is 17.3 Å². The fourth-order valence-corrected chi connectivity index (χ4v) is 3.82. The van der Waals surface area contributed by atoms with Crippen LogP contribution in [0.2, 0.25) is 0 Å². The lowest BCUT2D eigenvalue weighted by molar-refractivity contribution is -0.131. The zero-order chi connectivity index (χ0) is 24.2. The Kier molecular flexibility index (Phi) is 6.58. The topological polar surface area (TPSA) is 84.5 Å². The number of rotatable bonds is 7. The highest BCUT2D eigenvalue weighted by Crippen LogP contribution is 2.32. The largest absolute Gasteiger partial charge is 0.493 e. The lowest BCUT2D eigenvalue weighted by Gasteiger charge is -2.19. The average Bonchev–Trinajstić information content (AvgIpc) is 3.27. The molecule has 1 amide bonds. The first kappa shape index (κ1) is 23.0. The number of aromatic nitrogens is 2. The molecule has 1 heterocycles. The molecule has 1 N–H and O–H groups in total. The van der Waals surface area contributed by atoms with Crippen LogP contribution < -0.4 is 9.47 Å². The zero-order valence-electron chi connectivity index (χ0n) is 19.1. The Morgan fingerprint density at radius 2 is 1.94 bits per heavy atom. The molecule has 7 nitrogen and oxygen atoms in total. The number of hydrogen-bond acceptors (Lipinski definition) is 5. The number of hydrogen-bond donors (Lipinski definition) is 1. The van der Waals surface area contributed by atoms with E-state index in [1.165, 1.54) is 19.1 Å². The Labute approximate surface area is 196 Å². The van der Waals surface area contributed by atoms with Crippen molar-refractivity contribution in [1.82, 2.24) is 15.1 Å². The van der Waals surface area contributed by atoms with E-state index >= 15 is 0 Å². The summed E-state index contributed by atoms with van der Waals surface area (Å²) in [5, 5.41) is 7.76. The van der Waals surface area contributed by atoms with E-state index in [0.29, 0.717) is 34.8 Å². The predicted octanol–water partition coefficient (Wildman–Crippen LogP) is 4.97. The minimum absolute atomic E-state index is 0.225. The number of aromatic amines is 1. The number of carbonyl (C=O) groups is 2. The Balaban J connectivity index is 1.62. The molecular formula is C26H24FN3O4. The minimum atomic E-state index is -0.430. The van der Waals surface area contributed by atoms with Gasteiger partial charge in [-0.1, -0.05) is 12.1 Å². The number of nitrogens with one attached hydrogen (secondary N) is 1. The molecule has 4 rings (SSSR count). The van der Waals surface area contributed by atoms with Crippen LogP contribution in [0.5, 0.6) is 11.5 Å². The number of fused-ring (bicyclic) bond motifs is 1. The summed E-state index contributed by atoms with van der Waals surface area (Å²) in [4.78, 5) is 26.2. The first-order valence-corrected chi connectivity index (χ1v) is 10.8. The Morgan fingerprint density at radius 1 is 1.12 bits per heavy atom. The van der Waals surface area contributed by atoms with Crippen LogP contribution in [-0.2, 0) is 11.3 Å². The number of carbonyl (C=O) groups excluding carboxylic acids is 2. The zero-order valence-corrected chi connectivity index (χ0v) is 19.1. The van der Waals surface area contributed by atoms with E-state index in [4.69, 9.17) is 9.47 Å². The molecule has 3 aromatic carbocycles. The molecule has 4 aromatic rings. The predicted molar refractivity (Wildman–Crippen MR) is 126 cm³/mol. The fraction of sp³-hybridized carbons (Fsp3) is 0.192. The van der Waals surface area contributed by atoms with Crippen molar-refractivity contribution in [3.8, 4) is 22.6 Å². The molecule has 0 unspecified atom stereocenters. The van der Waals surface area contributed by atoms with Gasteiger partial charge in [0.05, 0.1) is 18.3 Å². The molecule has 0 atom stereocenters. The van der Waals surface area contributed by atoms with E-state index in [0.717, 1.165) is 16.5 Å². The Bertz CT molecular complexity index is 1370. The third kappa shape index (κ3) is 4.91. The summed E-state index contributed by atoms with van der Waals surface area (Å²) in [6.07, 6.45) is 1.63. The number of esters is 1. The van der Waals surface area contributed by atoms with Crippen LogP contribution in [0.15, 0.2) is 60.8 Å². The summed E-state index contributed by atoms with van der Waals surface area (Å²) in [6.45, 7) is 3.83. The van der Waals surface area contributed by atoms with Gasteiger partial charge in [-0.2, -0.15) is 5.10 Å². The second kappa shape index (κ2) is 9.74. The van der Waals surface area contributed by atoms with Crippen LogP contribution in [0.1, 0.15) is 29.8 Å². The van der Waals surface area contributed by atoms with Gasteiger partial charge >= 0.3 is 5.97 Å². The van der Waals surface area contributed by atoms with Crippen LogP contribution >= 0.6 is 0 Å². The molecule has 34 heavy (non-hydrogen) atoms. The summed E-state index contributed by atoms with van der Waals surface area (Å²) in [5.74, 6) is -0.117. The number of ether oxygens (including phenoxy) is 2. The maximum Gasteiger partial charge on any atom is 0.308 e. The molecule has 0 saturated carbocycles. The van der Waals surface area contributed by atoms with Crippen LogP contribution in [0.25, 0.3) is 22.0 Å². The Hall–Kier alpha value is -4.20. The maximum absolute atomic E-state index is 13.7. The second-order valence-corrected chi connectivity index (χ2v) is 7.83. The van der Waals surface area contributed by atoms with Gasteiger partial charge in [-0.25, -0.2) is 4.39 Å². The van der Waals surface area contributed by atoms with Crippen LogP contribution in [0.4, 0.5) is 4.39 Å². The van der Waals surface area contributed by atoms with Gasteiger partial charge in [0, 0.05) is 42.6 Å². The van der Waals surface area contributed by atoms with E-state index in [1.54, 1.807) is 60.6 Å². The number of amides is 1. The number of benzene rings is 3. The molecule has 0 aliphatic heterocycles. The highest BCUT2D eigenvalue weighted by molar-refractivity contribution is 5.96. The SMILES string of the molecule is CCOc1cc(C(=O)N(C)Cc2cc(OC(C)=O)cc3cn[nH]c23)ccc1-c1cccc(F)c1. The van der Waals surface area contributed by atoms with Gasteiger partial charge < -0.3 is 14.4 Å². The monoisotopic (exact) mass is 461 g/mol. The molecule has 0 bridgehead atoms. The quantitative estimate of drug-likeness (QED) is 0.310. The molecule has 0 spiro atoms. The first-order chi connectivity index (χ1) is 16.4. The van der Waals surface area contributed by atoms with E-state index in [9.17, 15) is 14.0 Å². The summed E-state index contributed by atoms with van der Waals surface area (Å²) in [5.41, 5.74) is 3.31. The van der Waals surface area contributed by atoms with Gasteiger partial charge in [0.15, 0.2) is 0 Å². The molecule has 0 saturated heterocycles. The maximum atomic E-state index is 13.7. The van der Waals surface area contributed by atoms with E-state index in [1.807, 2.05) is 6.92 Å². The van der Waals surface area contributed by atoms with Crippen molar-refractivity contribution in [1.29, 1.82) is 0 Å². The van der Waals surface area contributed by atoms with Crippen LogP contribution in [0, 0.1) is 5.82 Å². The van der Waals surface area contributed by atoms with Crippen molar-refractivity contribution in [3.05, 3.63) is 77.7 Å². The van der Waals surface area contributed by atoms with Crippen molar-refractivity contribution in [2.75, 3.05) is 13.7 Å². The van der Waals surface area contributed by atoms with Crippen molar-refractivity contribution in [3.63, 3.8) is 0 Å². The highest BCUT2D eigenvalue weighted by Gasteiger charge is 2.18. The molecule has 8 heteroatoms. The normalized spacial score (nSPS) is 10.8. The molecule has 0 aliphatic carbocycles. The molecular weight excluding hydrogens is 437 g/mol. The molecule has 0 radical (unpaired) electrons. The van der Waals surface area contributed by atoms with E-state index in [2.05, 4.69) is 10.2 Å². The smallest absolute Gasteiger partial charge is 0.308 e. The van der Waals surface area contributed by atoms with Gasteiger partial charge in [0.2, 0.25) is 0 Å². The summed E-state index contributed by atoms with van der Waals surface area (Å²) < 4.78 is 24.7. The standard InChI is InChI=1S/C26H24FN3O4/c1-4-33-24-13-18(8-9-23(24)17-6-5-7-21(27)10-17)26(32)30(3)15-20-12-22(34-16(2)31)11-19-14-28-29-25(19)20/h5-14H,4,15H2,1-3H3,(H,28,29). The third-order valence-corrected chi connectivity index (χ3v) is 5.28.